The van der Waals surface area contributed by atoms with Crippen LogP contribution in [0.15, 0.2) is 24.3 Å². The topological polar surface area (TPSA) is 17.1 Å². The van der Waals surface area contributed by atoms with E-state index in [4.69, 9.17) is 0 Å². The third-order valence-electron chi connectivity index (χ3n) is 3.09. The Kier molecular flexibility index (Phi) is 3.30. The van der Waals surface area contributed by atoms with Crippen LogP contribution in [-0.2, 0) is 4.79 Å². The Balaban J connectivity index is 2.93. The molecular formula is C13H20O. The molecule has 1 nitrogen and oxygen atoms in total. The van der Waals surface area contributed by atoms with Crippen molar-refractivity contribution in [3.63, 3.8) is 0 Å². The summed E-state index contributed by atoms with van der Waals surface area (Å²) in [5.74, 6) is 0.778. The SMILES string of the molecule is C/C=C/C(=O)C1[C@@H](C)C=CCC1(C)C. The van der Waals surface area contributed by atoms with E-state index in [1.54, 1.807) is 6.08 Å². The highest BCUT2D eigenvalue weighted by molar-refractivity contribution is 5.92. The fraction of sp³-hybridized carbons (Fsp3) is 0.615. The smallest absolute Gasteiger partial charge is 0.159 e. The van der Waals surface area contributed by atoms with Crippen molar-refractivity contribution in [3.05, 3.63) is 24.3 Å². The number of ketones is 1. The molecule has 0 saturated heterocycles. The molecule has 1 aliphatic carbocycles. The molecule has 14 heavy (non-hydrogen) atoms. The van der Waals surface area contributed by atoms with E-state index in [-0.39, 0.29) is 17.1 Å². The largest absolute Gasteiger partial charge is 0.295 e. The predicted octanol–water partition coefficient (Wildman–Crippen LogP) is 3.37. The van der Waals surface area contributed by atoms with Crippen LogP contribution in [0.4, 0.5) is 0 Å². The van der Waals surface area contributed by atoms with Crippen LogP contribution < -0.4 is 0 Å². The molecule has 0 N–H and O–H groups in total. The van der Waals surface area contributed by atoms with Gasteiger partial charge in [-0.05, 0) is 30.8 Å². The number of rotatable bonds is 2. The van der Waals surface area contributed by atoms with Crippen LogP contribution >= 0.6 is 0 Å². The van der Waals surface area contributed by atoms with Gasteiger partial charge in [0.2, 0.25) is 0 Å². The van der Waals surface area contributed by atoms with E-state index >= 15 is 0 Å². The van der Waals surface area contributed by atoms with Crippen LogP contribution in [-0.4, -0.2) is 5.78 Å². The van der Waals surface area contributed by atoms with E-state index in [0.717, 1.165) is 6.42 Å². The first-order chi connectivity index (χ1) is 6.49. The van der Waals surface area contributed by atoms with Gasteiger partial charge in [0.15, 0.2) is 5.78 Å². The van der Waals surface area contributed by atoms with E-state index in [1.807, 2.05) is 13.0 Å². The van der Waals surface area contributed by atoms with Crippen LogP contribution in [0, 0.1) is 17.3 Å². The third kappa shape index (κ3) is 2.14. The van der Waals surface area contributed by atoms with Gasteiger partial charge < -0.3 is 0 Å². The molecule has 0 radical (unpaired) electrons. The number of hydrogen-bond acceptors (Lipinski definition) is 1. The summed E-state index contributed by atoms with van der Waals surface area (Å²) in [4.78, 5) is 11.9. The predicted molar refractivity (Wildman–Crippen MR) is 60.0 cm³/mol. The summed E-state index contributed by atoms with van der Waals surface area (Å²) in [5, 5.41) is 0. The highest BCUT2D eigenvalue weighted by Crippen LogP contribution is 2.41. The lowest BCUT2D eigenvalue weighted by molar-refractivity contribution is -0.123. The second kappa shape index (κ2) is 4.12. The van der Waals surface area contributed by atoms with Gasteiger partial charge in [-0.1, -0.05) is 39.0 Å². The molecule has 0 aromatic rings. The minimum atomic E-state index is 0.102. The molecule has 1 rings (SSSR count). The van der Waals surface area contributed by atoms with Crippen molar-refractivity contribution >= 4 is 5.78 Å². The maximum Gasteiger partial charge on any atom is 0.159 e. The van der Waals surface area contributed by atoms with Crippen LogP contribution in [0.25, 0.3) is 0 Å². The van der Waals surface area contributed by atoms with E-state index in [2.05, 4.69) is 32.9 Å². The lowest BCUT2D eigenvalue weighted by Gasteiger charge is -2.38. The maximum absolute atomic E-state index is 11.9. The summed E-state index contributed by atoms with van der Waals surface area (Å²) in [7, 11) is 0. The number of allylic oxidation sites excluding steroid dienone is 4. The lowest BCUT2D eigenvalue weighted by Crippen LogP contribution is -2.36. The molecule has 1 aliphatic rings. The fourth-order valence-electron chi connectivity index (χ4n) is 2.45. The molecule has 2 atom stereocenters. The minimum absolute atomic E-state index is 0.102. The van der Waals surface area contributed by atoms with Crippen LogP contribution in [0.2, 0.25) is 0 Å². The summed E-state index contributed by atoms with van der Waals surface area (Å²) in [6, 6.07) is 0. The average Bonchev–Trinajstić information content (AvgIpc) is 2.02. The zero-order chi connectivity index (χ0) is 10.8. The second-order valence-electron chi connectivity index (χ2n) is 4.86. The first-order valence-electron chi connectivity index (χ1n) is 5.32. The van der Waals surface area contributed by atoms with Gasteiger partial charge >= 0.3 is 0 Å². The Morgan fingerprint density at radius 2 is 2.14 bits per heavy atom. The van der Waals surface area contributed by atoms with Crippen LogP contribution in [0.1, 0.15) is 34.1 Å². The molecule has 0 bridgehead atoms. The Morgan fingerprint density at radius 1 is 1.50 bits per heavy atom. The molecular weight excluding hydrogens is 172 g/mol. The van der Waals surface area contributed by atoms with Gasteiger partial charge in [-0.15, -0.1) is 0 Å². The van der Waals surface area contributed by atoms with Crippen molar-refractivity contribution in [2.45, 2.75) is 34.1 Å². The van der Waals surface area contributed by atoms with Gasteiger partial charge in [0, 0.05) is 5.92 Å². The molecule has 0 aliphatic heterocycles. The molecule has 1 heteroatoms. The van der Waals surface area contributed by atoms with Gasteiger partial charge in [-0.2, -0.15) is 0 Å². The van der Waals surface area contributed by atoms with Crippen LogP contribution in [0.5, 0.6) is 0 Å². The highest BCUT2D eigenvalue weighted by atomic mass is 16.1. The molecule has 1 unspecified atom stereocenters. The minimum Gasteiger partial charge on any atom is -0.295 e. The van der Waals surface area contributed by atoms with Crippen molar-refractivity contribution in [2.24, 2.45) is 17.3 Å². The Bertz CT molecular complexity index is 271. The van der Waals surface area contributed by atoms with Gasteiger partial charge in [0.25, 0.3) is 0 Å². The summed E-state index contributed by atoms with van der Waals surface area (Å²) < 4.78 is 0. The summed E-state index contributed by atoms with van der Waals surface area (Å²) in [5.41, 5.74) is 0.102. The Hall–Kier alpha value is -0.850. The standard InChI is InChI=1S/C13H20O/c1-5-7-11(14)12-10(2)8-6-9-13(12,3)4/h5-8,10,12H,9H2,1-4H3/b7-5+/t10-,12?/m0/s1. The third-order valence-corrected chi connectivity index (χ3v) is 3.09. The summed E-state index contributed by atoms with van der Waals surface area (Å²) >= 11 is 0. The van der Waals surface area contributed by atoms with E-state index in [9.17, 15) is 4.79 Å². The van der Waals surface area contributed by atoms with Gasteiger partial charge in [0.1, 0.15) is 0 Å². The highest BCUT2D eigenvalue weighted by Gasteiger charge is 2.38. The zero-order valence-electron chi connectivity index (χ0n) is 9.58. The van der Waals surface area contributed by atoms with Crippen molar-refractivity contribution < 1.29 is 4.79 Å². The number of carbonyl (C=O) groups is 1. The molecule has 0 spiro atoms. The van der Waals surface area contributed by atoms with Crippen LogP contribution in [0.3, 0.4) is 0 Å². The van der Waals surface area contributed by atoms with Crippen molar-refractivity contribution in [1.29, 1.82) is 0 Å². The van der Waals surface area contributed by atoms with E-state index in [0.29, 0.717) is 5.92 Å². The Labute approximate surface area is 86.9 Å². The van der Waals surface area contributed by atoms with Gasteiger partial charge in [-0.25, -0.2) is 0 Å². The normalized spacial score (nSPS) is 30.9. The monoisotopic (exact) mass is 192 g/mol. The van der Waals surface area contributed by atoms with E-state index in [1.165, 1.54) is 0 Å². The molecule has 78 valence electrons. The summed E-state index contributed by atoms with van der Waals surface area (Å²) in [6.45, 7) is 8.38. The molecule has 0 heterocycles. The summed E-state index contributed by atoms with van der Waals surface area (Å²) in [6.07, 6.45) is 8.91. The Morgan fingerprint density at radius 3 is 2.64 bits per heavy atom. The maximum atomic E-state index is 11.9. The molecule has 0 aromatic heterocycles. The van der Waals surface area contributed by atoms with Crippen molar-refractivity contribution in [2.75, 3.05) is 0 Å². The zero-order valence-corrected chi connectivity index (χ0v) is 9.58. The molecule has 0 saturated carbocycles. The van der Waals surface area contributed by atoms with Crippen molar-refractivity contribution in [1.82, 2.24) is 0 Å². The first-order valence-corrected chi connectivity index (χ1v) is 5.32. The quantitative estimate of drug-likeness (QED) is 0.484. The molecule has 0 amide bonds. The number of carbonyl (C=O) groups excluding carboxylic acids is 1. The molecule has 0 fully saturated rings. The second-order valence-corrected chi connectivity index (χ2v) is 4.86. The van der Waals surface area contributed by atoms with Crippen molar-refractivity contribution in [3.8, 4) is 0 Å². The van der Waals surface area contributed by atoms with E-state index < -0.39 is 0 Å². The lowest BCUT2D eigenvalue weighted by atomic mass is 9.65. The fourth-order valence-corrected chi connectivity index (χ4v) is 2.45. The molecule has 0 aromatic carbocycles. The van der Waals surface area contributed by atoms with Gasteiger partial charge in [-0.3, -0.25) is 4.79 Å². The average molecular weight is 192 g/mol. The first kappa shape index (κ1) is 11.2. The van der Waals surface area contributed by atoms with Gasteiger partial charge in [0.05, 0.1) is 0 Å². The number of hydrogen-bond donors (Lipinski definition) is 0.